The molecule has 0 aromatic heterocycles. The maximum Gasteiger partial charge on any atom is 0.252 e. The Labute approximate surface area is 289 Å². The van der Waals surface area contributed by atoms with Crippen LogP contribution < -0.4 is 31.1 Å². The molecule has 0 N–H and O–H groups in total. The van der Waals surface area contributed by atoms with Crippen molar-refractivity contribution < 1.29 is 0 Å². The molecule has 9 rings (SSSR count). The quantitative estimate of drug-likeness (QED) is 0.176. The highest BCUT2D eigenvalue weighted by Crippen LogP contribution is 2.45. The molecule has 0 fully saturated rings. The molecule has 4 heteroatoms. The van der Waals surface area contributed by atoms with Crippen LogP contribution in [0.4, 0.5) is 51.2 Å². The van der Waals surface area contributed by atoms with Crippen molar-refractivity contribution in [2.75, 3.05) is 14.7 Å². The molecular weight excluding hydrogens is 593 g/mol. The van der Waals surface area contributed by atoms with Crippen LogP contribution in [0.15, 0.2) is 164 Å². The molecular formula is C45H36BN3. The fourth-order valence-electron chi connectivity index (χ4n) is 7.67. The van der Waals surface area contributed by atoms with Crippen molar-refractivity contribution in [3.63, 3.8) is 0 Å². The van der Waals surface area contributed by atoms with Gasteiger partial charge in [0.2, 0.25) is 0 Å². The third kappa shape index (κ3) is 4.83. The summed E-state index contributed by atoms with van der Waals surface area (Å²) in [6.45, 7) is 6.53. The predicted molar refractivity (Wildman–Crippen MR) is 209 cm³/mol. The van der Waals surface area contributed by atoms with Crippen LogP contribution in [-0.4, -0.2) is 6.71 Å². The Kier molecular flexibility index (Phi) is 6.91. The SMILES string of the molecule is Cc1ccc(N(c2ccc(C)cc2)c2ccc3c(c2)N(c2ccc(C)cc2)c2cccc4c2B3c2ccccc2N4c2ccccc2)cc1. The van der Waals surface area contributed by atoms with E-state index >= 15 is 0 Å². The van der Waals surface area contributed by atoms with E-state index in [-0.39, 0.29) is 6.71 Å². The molecule has 0 bridgehead atoms. The number of aryl methyl sites for hydroxylation is 3. The first-order valence-electron chi connectivity index (χ1n) is 17.1. The number of rotatable bonds is 5. The van der Waals surface area contributed by atoms with E-state index < -0.39 is 0 Å². The minimum Gasteiger partial charge on any atom is -0.311 e. The first-order valence-corrected chi connectivity index (χ1v) is 17.1. The molecule has 0 spiro atoms. The van der Waals surface area contributed by atoms with Gasteiger partial charge in [0.1, 0.15) is 0 Å². The second-order valence-electron chi connectivity index (χ2n) is 13.3. The Morgan fingerprint density at radius 3 is 1.49 bits per heavy atom. The second-order valence-corrected chi connectivity index (χ2v) is 13.3. The summed E-state index contributed by atoms with van der Waals surface area (Å²) in [6, 6.07) is 60.3. The summed E-state index contributed by atoms with van der Waals surface area (Å²) >= 11 is 0. The number of benzene rings is 7. The first kappa shape index (κ1) is 29.2. The monoisotopic (exact) mass is 629 g/mol. The van der Waals surface area contributed by atoms with Crippen LogP contribution in [0.1, 0.15) is 16.7 Å². The van der Waals surface area contributed by atoms with Gasteiger partial charge in [0.25, 0.3) is 6.71 Å². The van der Waals surface area contributed by atoms with E-state index in [1.54, 1.807) is 0 Å². The molecule has 49 heavy (non-hydrogen) atoms. The topological polar surface area (TPSA) is 9.72 Å². The van der Waals surface area contributed by atoms with Crippen LogP contribution in [0.5, 0.6) is 0 Å². The zero-order chi connectivity index (χ0) is 33.1. The van der Waals surface area contributed by atoms with Crippen LogP contribution in [0.25, 0.3) is 0 Å². The van der Waals surface area contributed by atoms with E-state index in [2.05, 4.69) is 199 Å². The van der Waals surface area contributed by atoms with Gasteiger partial charge >= 0.3 is 0 Å². The lowest BCUT2D eigenvalue weighted by Crippen LogP contribution is -2.61. The standard InChI is InChI=1S/C45H36BN3/c1-31-16-22-35(23-17-31)47(36-24-18-32(2)19-25-36)38-28-29-40-44(30-38)49(37-26-20-33(3)21-27-37)43-15-9-14-42-45(43)46(40)39-12-7-8-13-41(39)48(42)34-10-5-4-6-11-34/h4-30H,1-3H3. The van der Waals surface area contributed by atoms with Crippen molar-refractivity contribution in [1.29, 1.82) is 0 Å². The highest BCUT2D eigenvalue weighted by atomic mass is 15.2. The van der Waals surface area contributed by atoms with Crippen molar-refractivity contribution in [3.8, 4) is 0 Å². The Morgan fingerprint density at radius 2 is 0.857 bits per heavy atom. The number of fused-ring (bicyclic) bond motifs is 4. The lowest BCUT2D eigenvalue weighted by Gasteiger charge is -2.44. The van der Waals surface area contributed by atoms with Gasteiger partial charge in [-0.15, -0.1) is 0 Å². The van der Waals surface area contributed by atoms with Crippen LogP contribution in [-0.2, 0) is 0 Å². The molecule has 0 amide bonds. The number of para-hydroxylation sites is 2. The predicted octanol–water partition coefficient (Wildman–Crippen LogP) is 10.2. The minimum atomic E-state index is 0.0836. The van der Waals surface area contributed by atoms with E-state index in [1.807, 2.05) is 0 Å². The summed E-state index contributed by atoms with van der Waals surface area (Å²) in [5, 5.41) is 0. The lowest BCUT2D eigenvalue weighted by molar-refractivity contribution is 1.23. The van der Waals surface area contributed by atoms with Crippen LogP contribution in [0, 0.1) is 20.8 Å². The van der Waals surface area contributed by atoms with E-state index in [0.29, 0.717) is 0 Å². The van der Waals surface area contributed by atoms with E-state index in [1.165, 1.54) is 55.8 Å². The molecule has 7 aromatic carbocycles. The maximum absolute atomic E-state index is 2.48. The van der Waals surface area contributed by atoms with E-state index in [0.717, 1.165) is 28.4 Å². The third-order valence-electron chi connectivity index (χ3n) is 10.0. The van der Waals surface area contributed by atoms with Crippen molar-refractivity contribution >= 4 is 74.3 Å². The molecule has 0 saturated heterocycles. The molecule has 0 unspecified atom stereocenters. The smallest absolute Gasteiger partial charge is 0.252 e. The van der Waals surface area contributed by atoms with Gasteiger partial charge in [-0.25, -0.2) is 0 Å². The van der Waals surface area contributed by atoms with E-state index in [4.69, 9.17) is 0 Å². The minimum absolute atomic E-state index is 0.0836. The van der Waals surface area contributed by atoms with E-state index in [9.17, 15) is 0 Å². The molecule has 2 aliphatic rings. The maximum atomic E-state index is 2.48. The van der Waals surface area contributed by atoms with Gasteiger partial charge in [0, 0.05) is 51.2 Å². The summed E-state index contributed by atoms with van der Waals surface area (Å²) in [4.78, 5) is 7.30. The van der Waals surface area contributed by atoms with Crippen molar-refractivity contribution in [2.45, 2.75) is 20.8 Å². The van der Waals surface area contributed by atoms with Gasteiger partial charge in [-0.3, -0.25) is 0 Å². The highest BCUT2D eigenvalue weighted by Gasteiger charge is 2.43. The molecule has 3 nitrogen and oxygen atoms in total. The Balaban J connectivity index is 1.31. The summed E-state index contributed by atoms with van der Waals surface area (Å²) in [5.41, 5.74) is 18.3. The average Bonchev–Trinajstić information content (AvgIpc) is 3.14. The molecule has 0 aliphatic carbocycles. The molecule has 234 valence electrons. The first-order chi connectivity index (χ1) is 24.0. The van der Waals surface area contributed by atoms with Gasteiger partial charge in [-0.05, 0) is 116 Å². The number of anilines is 9. The number of hydrogen-bond acceptors (Lipinski definition) is 3. The summed E-state index contributed by atoms with van der Waals surface area (Å²) in [7, 11) is 0. The van der Waals surface area contributed by atoms with Crippen LogP contribution >= 0.6 is 0 Å². The normalized spacial score (nSPS) is 12.7. The number of hydrogen-bond donors (Lipinski definition) is 0. The third-order valence-corrected chi connectivity index (χ3v) is 10.0. The van der Waals surface area contributed by atoms with Crippen LogP contribution in [0.2, 0.25) is 0 Å². The zero-order valence-corrected chi connectivity index (χ0v) is 28.0. The molecule has 2 heterocycles. The Hall–Kier alpha value is -6.00. The molecule has 7 aromatic rings. The van der Waals surface area contributed by atoms with Crippen molar-refractivity contribution in [3.05, 3.63) is 180 Å². The summed E-state index contributed by atoms with van der Waals surface area (Å²) < 4.78 is 0. The van der Waals surface area contributed by atoms with Gasteiger partial charge in [-0.2, -0.15) is 0 Å². The highest BCUT2D eigenvalue weighted by molar-refractivity contribution is 7.00. The zero-order valence-electron chi connectivity index (χ0n) is 28.0. The van der Waals surface area contributed by atoms with Gasteiger partial charge < -0.3 is 14.7 Å². The Bertz CT molecular complexity index is 2270. The van der Waals surface area contributed by atoms with Gasteiger partial charge in [-0.1, -0.05) is 102 Å². The second kappa shape index (κ2) is 11.6. The average molecular weight is 630 g/mol. The molecule has 0 saturated carbocycles. The summed E-state index contributed by atoms with van der Waals surface area (Å²) in [5.74, 6) is 0. The molecule has 2 aliphatic heterocycles. The van der Waals surface area contributed by atoms with Crippen molar-refractivity contribution in [1.82, 2.24) is 0 Å². The fourth-order valence-corrected chi connectivity index (χ4v) is 7.67. The van der Waals surface area contributed by atoms with Gasteiger partial charge in [0.15, 0.2) is 0 Å². The molecule has 0 radical (unpaired) electrons. The largest absolute Gasteiger partial charge is 0.311 e. The summed E-state index contributed by atoms with van der Waals surface area (Å²) in [6.07, 6.45) is 0. The Morgan fingerprint density at radius 1 is 0.388 bits per heavy atom. The van der Waals surface area contributed by atoms with Gasteiger partial charge in [0.05, 0.1) is 0 Å². The molecule has 0 atom stereocenters. The number of nitrogens with zero attached hydrogens (tertiary/aromatic N) is 3. The van der Waals surface area contributed by atoms with Crippen LogP contribution in [0.3, 0.4) is 0 Å². The van der Waals surface area contributed by atoms with Crippen molar-refractivity contribution in [2.24, 2.45) is 0 Å². The lowest BCUT2D eigenvalue weighted by atomic mass is 9.33. The fraction of sp³-hybridized carbons (Fsp3) is 0.0667.